The van der Waals surface area contributed by atoms with Crippen LogP contribution in [0.25, 0.3) is 0 Å². The SMILES string of the molecule is c1cc(C2CCCC2)cc(NC2CCC2)n1. The summed E-state index contributed by atoms with van der Waals surface area (Å²) in [5, 5.41) is 3.53. The standard InChI is InChI=1S/C14H20N2/c1-2-5-11(4-1)12-8-9-15-14(10-12)16-13-6-3-7-13/h8-11,13H,1-7H2,(H,15,16). The summed E-state index contributed by atoms with van der Waals surface area (Å²) in [5.41, 5.74) is 1.49. The molecule has 0 radical (unpaired) electrons. The van der Waals surface area contributed by atoms with Crippen molar-refractivity contribution < 1.29 is 0 Å². The first-order chi connectivity index (χ1) is 7.92. The molecular formula is C14H20N2. The van der Waals surface area contributed by atoms with Crippen LogP contribution >= 0.6 is 0 Å². The summed E-state index contributed by atoms with van der Waals surface area (Å²) in [6.45, 7) is 0. The Bertz CT molecular complexity index is 352. The molecule has 2 aliphatic rings. The van der Waals surface area contributed by atoms with Gasteiger partial charge in [-0.05, 0) is 55.7 Å². The lowest BCUT2D eigenvalue weighted by Crippen LogP contribution is -2.27. The average molecular weight is 216 g/mol. The van der Waals surface area contributed by atoms with E-state index in [2.05, 4.69) is 22.4 Å². The number of nitrogens with one attached hydrogen (secondary N) is 1. The van der Waals surface area contributed by atoms with Crippen molar-refractivity contribution in [3.8, 4) is 0 Å². The average Bonchev–Trinajstić information content (AvgIpc) is 2.77. The summed E-state index contributed by atoms with van der Waals surface area (Å²) in [7, 11) is 0. The maximum absolute atomic E-state index is 4.42. The van der Waals surface area contributed by atoms with Crippen molar-refractivity contribution in [2.24, 2.45) is 0 Å². The molecule has 0 unspecified atom stereocenters. The van der Waals surface area contributed by atoms with Gasteiger partial charge in [0.25, 0.3) is 0 Å². The molecule has 2 nitrogen and oxygen atoms in total. The first-order valence-corrected chi connectivity index (χ1v) is 6.64. The molecule has 1 aromatic heterocycles. The number of pyridine rings is 1. The van der Waals surface area contributed by atoms with Gasteiger partial charge in [0.05, 0.1) is 0 Å². The Hall–Kier alpha value is -1.05. The van der Waals surface area contributed by atoms with Crippen LogP contribution in [0.15, 0.2) is 18.3 Å². The second kappa shape index (κ2) is 4.44. The molecule has 0 aliphatic heterocycles. The predicted octanol–water partition coefficient (Wildman–Crippen LogP) is 3.70. The monoisotopic (exact) mass is 216 g/mol. The Morgan fingerprint density at radius 2 is 1.88 bits per heavy atom. The first-order valence-electron chi connectivity index (χ1n) is 6.64. The van der Waals surface area contributed by atoms with Gasteiger partial charge in [-0.3, -0.25) is 0 Å². The number of hydrogen-bond acceptors (Lipinski definition) is 2. The van der Waals surface area contributed by atoms with Gasteiger partial charge in [-0.1, -0.05) is 12.8 Å². The van der Waals surface area contributed by atoms with Crippen molar-refractivity contribution in [3.05, 3.63) is 23.9 Å². The molecule has 2 fully saturated rings. The van der Waals surface area contributed by atoms with Gasteiger partial charge < -0.3 is 5.32 Å². The van der Waals surface area contributed by atoms with Crippen molar-refractivity contribution in [3.63, 3.8) is 0 Å². The normalized spacial score (nSPS) is 22.0. The lowest BCUT2D eigenvalue weighted by Gasteiger charge is -2.27. The van der Waals surface area contributed by atoms with Gasteiger partial charge in [0.2, 0.25) is 0 Å². The van der Waals surface area contributed by atoms with Crippen molar-refractivity contribution in [1.82, 2.24) is 4.98 Å². The minimum atomic E-state index is 0.686. The van der Waals surface area contributed by atoms with Gasteiger partial charge in [0.1, 0.15) is 5.82 Å². The van der Waals surface area contributed by atoms with E-state index in [4.69, 9.17) is 0 Å². The van der Waals surface area contributed by atoms with Crippen molar-refractivity contribution in [1.29, 1.82) is 0 Å². The fourth-order valence-electron chi connectivity index (χ4n) is 2.80. The minimum absolute atomic E-state index is 0.686. The molecule has 2 saturated carbocycles. The summed E-state index contributed by atoms with van der Waals surface area (Å²) in [6, 6.07) is 5.15. The first kappa shape index (κ1) is 10.1. The largest absolute Gasteiger partial charge is 0.367 e. The molecule has 0 amide bonds. The zero-order valence-electron chi connectivity index (χ0n) is 9.78. The molecule has 0 atom stereocenters. The molecule has 1 aromatic rings. The highest BCUT2D eigenvalue weighted by atomic mass is 15.0. The molecule has 0 bridgehead atoms. The lowest BCUT2D eigenvalue weighted by molar-refractivity contribution is 0.444. The Labute approximate surface area is 97.5 Å². The molecule has 0 saturated heterocycles. The van der Waals surface area contributed by atoms with E-state index in [1.165, 1.54) is 50.5 Å². The Kier molecular flexibility index (Phi) is 2.81. The fraction of sp³-hybridized carbons (Fsp3) is 0.643. The van der Waals surface area contributed by atoms with Crippen LogP contribution in [-0.2, 0) is 0 Å². The summed E-state index contributed by atoms with van der Waals surface area (Å²) >= 11 is 0. The second-order valence-electron chi connectivity index (χ2n) is 5.23. The Morgan fingerprint density at radius 1 is 1.06 bits per heavy atom. The highest BCUT2D eigenvalue weighted by molar-refractivity contribution is 5.40. The number of anilines is 1. The summed E-state index contributed by atoms with van der Waals surface area (Å²) in [6.07, 6.45) is 11.5. The topological polar surface area (TPSA) is 24.9 Å². The van der Waals surface area contributed by atoms with Crippen LogP contribution in [0.5, 0.6) is 0 Å². The number of rotatable bonds is 3. The molecule has 1 N–H and O–H groups in total. The van der Waals surface area contributed by atoms with Crippen molar-refractivity contribution >= 4 is 5.82 Å². The highest BCUT2D eigenvalue weighted by Gasteiger charge is 2.19. The highest BCUT2D eigenvalue weighted by Crippen LogP contribution is 2.34. The smallest absolute Gasteiger partial charge is 0.126 e. The number of hydrogen-bond donors (Lipinski definition) is 1. The summed E-state index contributed by atoms with van der Waals surface area (Å²) in [5.74, 6) is 1.89. The molecule has 2 aliphatic carbocycles. The van der Waals surface area contributed by atoms with Gasteiger partial charge in [-0.2, -0.15) is 0 Å². The molecule has 0 aromatic carbocycles. The quantitative estimate of drug-likeness (QED) is 0.833. The molecule has 16 heavy (non-hydrogen) atoms. The van der Waals surface area contributed by atoms with E-state index >= 15 is 0 Å². The number of aromatic nitrogens is 1. The van der Waals surface area contributed by atoms with Gasteiger partial charge in [0.15, 0.2) is 0 Å². The third kappa shape index (κ3) is 2.06. The lowest BCUT2D eigenvalue weighted by atomic mass is 9.93. The molecule has 0 spiro atoms. The van der Waals surface area contributed by atoms with Gasteiger partial charge in [-0.25, -0.2) is 4.98 Å². The molecule has 86 valence electrons. The van der Waals surface area contributed by atoms with E-state index in [9.17, 15) is 0 Å². The molecular weight excluding hydrogens is 196 g/mol. The fourth-order valence-corrected chi connectivity index (χ4v) is 2.80. The van der Waals surface area contributed by atoms with E-state index < -0.39 is 0 Å². The zero-order chi connectivity index (χ0) is 10.8. The molecule has 3 rings (SSSR count). The Balaban J connectivity index is 1.70. The molecule has 2 heteroatoms. The van der Waals surface area contributed by atoms with E-state index in [0.29, 0.717) is 6.04 Å². The van der Waals surface area contributed by atoms with E-state index in [-0.39, 0.29) is 0 Å². The van der Waals surface area contributed by atoms with Crippen LogP contribution < -0.4 is 5.32 Å². The van der Waals surface area contributed by atoms with E-state index in [0.717, 1.165) is 11.7 Å². The maximum atomic E-state index is 4.42. The Morgan fingerprint density at radius 3 is 2.56 bits per heavy atom. The van der Waals surface area contributed by atoms with E-state index in [1.54, 1.807) is 0 Å². The van der Waals surface area contributed by atoms with Crippen LogP contribution in [0.4, 0.5) is 5.82 Å². The summed E-state index contributed by atoms with van der Waals surface area (Å²) < 4.78 is 0. The third-order valence-corrected chi connectivity index (χ3v) is 4.07. The summed E-state index contributed by atoms with van der Waals surface area (Å²) in [4.78, 5) is 4.42. The maximum Gasteiger partial charge on any atom is 0.126 e. The zero-order valence-corrected chi connectivity index (χ0v) is 9.78. The van der Waals surface area contributed by atoms with Crippen molar-refractivity contribution in [2.75, 3.05) is 5.32 Å². The van der Waals surface area contributed by atoms with E-state index in [1.807, 2.05) is 6.20 Å². The van der Waals surface area contributed by atoms with Crippen LogP contribution in [0.2, 0.25) is 0 Å². The van der Waals surface area contributed by atoms with Crippen molar-refractivity contribution in [2.45, 2.75) is 56.9 Å². The second-order valence-corrected chi connectivity index (χ2v) is 5.23. The predicted molar refractivity (Wildman–Crippen MR) is 66.7 cm³/mol. The van der Waals surface area contributed by atoms with Gasteiger partial charge in [-0.15, -0.1) is 0 Å². The number of nitrogens with zero attached hydrogens (tertiary/aromatic N) is 1. The van der Waals surface area contributed by atoms with Crippen LogP contribution in [0, 0.1) is 0 Å². The van der Waals surface area contributed by atoms with Gasteiger partial charge in [0, 0.05) is 12.2 Å². The van der Waals surface area contributed by atoms with Crippen LogP contribution in [-0.4, -0.2) is 11.0 Å². The third-order valence-electron chi connectivity index (χ3n) is 4.07. The van der Waals surface area contributed by atoms with Crippen LogP contribution in [0.3, 0.4) is 0 Å². The molecule has 1 heterocycles. The van der Waals surface area contributed by atoms with Gasteiger partial charge >= 0.3 is 0 Å². The minimum Gasteiger partial charge on any atom is -0.367 e. The van der Waals surface area contributed by atoms with Crippen LogP contribution in [0.1, 0.15) is 56.4 Å².